The molecule has 0 aromatic rings. The van der Waals surface area contributed by atoms with Crippen molar-refractivity contribution < 1.29 is 4.74 Å². The molecule has 2 aliphatic rings. The molecule has 3 nitrogen and oxygen atoms in total. The number of ether oxygens (including phenoxy) is 1. The molecule has 2 fully saturated rings. The predicted molar refractivity (Wildman–Crippen MR) is 52.9 cm³/mol. The minimum atomic E-state index is 0.487. The molecule has 0 amide bonds. The zero-order valence-electron chi connectivity index (χ0n) is 8.22. The maximum absolute atomic E-state index is 5.51. The Bertz CT molecular complexity index is 142. The summed E-state index contributed by atoms with van der Waals surface area (Å²) < 4.78 is 5.51. The van der Waals surface area contributed by atoms with E-state index in [-0.39, 0.29) is 0 Å². The molecule has 3 heteroatoms. The molecular formula is C10H20N2O. The van der Waals surface area contributed by atoms with Gasteiger partial charge in [0, 0.05) is 32.3 Å². The molecule has 1 saturated carbocycles. The average molecular weight is 184 g/mol. The second-order valence-corrected chi connectivity index (χ2v) is 4.07. The second kappa shape index (κ2) is 4.94. The van der Waals surface area contributed by atoms with Gasteiger partial charge in [-0.3, -0.25) is 0 Å². The molecule has 1 heterocycles. The van der Waals surface area contributed by atoms with Crippen LogP contribution >= 0.6 is 0 Å². The Balaban J connectivity index is 1.39. The van der Waals surface area contributed by atoms with E-state index in [4.69, 9.17) is 4.74 Å². The molecule has 1 atom stereocenters. The Hall–Kier alpha value is -0.120. The first-order chi connectivity index (χ1) is 6.45. The van der Waals surface area contributed by atoms with Crippen molar-refractivity contribution in [1.82, 2.24) is 10.6 Å². The van der Waals surface area contributed by atoms with Crippen molar-refractivity contribution >= 4 is 0 Å². The normalized spacial score (nSPS) is 28.2. The number of hydrogen-bond acceptors (Lipinski definition) is 3. The summed E-state index contributed by atoms with van der Waals surface area (Å²) in [5.41, 5.74) is 0. The highest BCUT2D eigenvalue weighted by atomic mass is 16.5. The molecule has 2 N–H and O–H groups in total. The van der Waals surface area contributed by atoms with E-state index in [1.807, 2.05) is 0 Å². The fourth-order valence-electron chi connectivity index (χ4n) is 1.72. The van der Waals surface area contributed by atoms with E-state index in [2.05, 4.69) is 10.6 Å². The van der Waals surface area contributed by atoms with Gasteiger partial charge in [0.25, 0.3) is 0 Å². The third-order valence-corrected chi connectivity index (χ3v) is 2.71. The fraction of sp³-hybridized carbons (Fsp3) is 1.00. The van der Waals surface area contributed by atoms with Crippen molar-refractivity contribution in [3.8, 4) is 0 Å². The van der Waals surface area contributed by atoms with Crippen LogP contribution in [0.15, 0.2) is 0 Å². The van der Waals surface area contributed by atoms with Crippen molar-refractivity contribution in [3.63, 3.8) is 0 Å². The SMILES string of the molecule is C1COC(CNCCNC2CC2)C1. The van der Waals surface area contributed by atoms with Crippen LogP contribution < -0.4 is 10.6 Å². The highest BCUT2D eigenvalue weighted by Crippen LogP contribution is 2.17. The van der Waals surface area contributed by atoms with Crippen LogP contribution in [0.1, 0.15) is 25.7 Å². The molecule has 1 aliphatic heterocycles. The van der Waals surface area contributed by atoms with Crippen LogP contribution in [0, 0.1) is 0 Å². The van der Waals surface area contributed by atoms with Crippen LogP contribution in [-0.4, -0.2) is 38.4 Å². The van der Waals surface area contributed by atoms with Crippen molar-refractivity contribution in [2.24, 2.45) is 0 Å². The number of hydrogen-bond donors (Lipinski definition) is 2. The van der Waals surface area contributed by atoms with Crippen LogP contribution in [-0.2, 0) is 4.74 Å². The standard InChI is InChI=1S/C10H20N2O/c1-2-10(13-7-1)8-11-5-6-12-9-3-4-9/h9-12H,1-8H2. The topological polar surface area (TPSA) is 33.3 Å². The fourth-order valence-corrected chi connectivity index (χ4v) is 1.72. The smallest absolute Gasteiger partial charge is 0.0700 e. The van der Waals surface area contributed by atoms with Gasteiger partial charge in [-0.05, 0) is 25.7 Å². The van der Waals surface area contributed by atoms with Gasteiger partial charge in [-0.25, -0.2) is 0 Å². The van der Waals surface area contributed by atoms with Gasteiger partial charge in [-0.1, -0.05) is 0 Å². The van der Waals surface area contributed by atoms with Gasteiger partial charge < -0.3 is 15.4 Å². The van der Waals surface area contributed by atoms with Crippen LogP contribution in [0.3, 0.4) is 0 Å². The summed E-state index contributed by atoms with van der Waals surface area (Å²) in [7, 11) is 0. The van der Waals surface area contributed by atoms with Crippen molar-refractivity contribution in [2.45, 2.75) is 37.8 Å². The lowest BCUT2D eigenvalue weighted by molar-refractivity contribution is 0.110. The maximum atomic E-state index is 5.51. The summed E-state index contributed by atoms with van der Waals surface area (Å²) in [6.07, 6.45) is 5.73. The van der Waals surface area contributed by atoms with Gasteiger partial charge in [0.15, 0.2) is 0 Å². The Morgan fingerprint density at radius 1 is 1.15 bits per heavy atom. The molecule has 13 heavy (non-hydrogen) atoms. The van der Waals surface area contributed by atoms with E-state index >= 15 is 0 Å². The van der Waals surface area contributed by atoms with Crippen LogP contribution in [0.25, 0.3) is 0 Å². The zero-order chi connectivity index (χ0) is 8.93. The average Bonchev–Trinajstić information content (AvgIpc) is 2.81. The minimum absolute atomic E-state index is 0.487. The van der Waals surface area contributed by atoms with Gasteiger partial charge in [0.05, 0.1) is 6.10 Å². The minimum Gasteiger partial charge on any atom is -0.377 e. The predicted octanol–water partition coefficient (Wildman–Crippen LogP) is 0.507. The molecule has 0 radical (unpaired) electrons. The van der Waals surface area contributed by atoms with Gasteiger partial charge in [-0.2, -0.15) is 0 Å². The second-order valence-electron chi connectivity index (χ2n) is 4.07. The molecular weight excluding hydrogens is 164 g/mol. The lowest BCUT2D eigenvalue weighted by atomic mass is 10.2. The first-order valence-electron chi connectivity index (χ1n) is 5.51. The molecule has 0 aromatic carbocycles. The first-order valence-corrected chi connectivity index (χ1v) is 5.51. The number of rotatable bonds is 6. The Morgan fingerprint density at radius 3 is 2.77 bits per heavy atom. The number of nitrogens with one attached hydrogen (secondary N) is 2. The molecule has 2 rings (SSSR count). The summed E-state index contributed by atoms with van der Waals surface area (Å²) >= 11 is 0. The third kappa shape index (κ3) is 3.63. The summed E-state index contributed by atoms with van der Waals surface area (Å²) in [6, 6.07) is 0.838. The highest BCUT2D eigenvalue weighted by Gasteiger charge is 2.19. The van der Waals surface area contributed by atoms with Gasteiger partial charge in [0.2, 0.25) is 0 Å². The third-order valence-electron chi connectivity index (χ3n) is 2.71. The monoisotopic (exact) mass is 184 g/mol. The molecule has 1 aliphatic carbocycles. The molecule has 76 valence electrons. The summed E-state index contributed by atoms with van der Waals surface area (Å²) in [5.74, 6) is 0. The van der Waals surface area contributed by atoms with E-state index in [9.17, 15) is 0 Å². The van der Waals surface area contributed by atoms with Gasteiger partial charge in [0.1, 0.15) is 0 Å². The summed E-state index contributed by atoms with van der Waals surface area (Å²) in [6.45, 7) is 4.19. The van der Waals surface area contributed by atoms with Crippen LogP contribution in [0.4, 0.5) is 0 Å². The quantitative estimate of drug-likeness (QED) is 0.590. The summed E-state index contributed by atoms with van der Waals surface area (Å²) in [5, 5.41) is 6.90. The van der Waals surface area contributed by atoms with E-state index in [0.29, 0.717) is 6.10 Å². The molecule has 0 spiro atoms. The van der Waals surface area contributed by atoms with Crippen molar-refractivity contribution in [2.75, 3.05) is 26.2 Å². The van der Waals surface area contributed by atoms with E-state index < -0.39 is 0 Å². The van der Waals surface area contributed by atoms with Gasteiger partial charge in [-0.15, -0.1) is 0 Å². The molecule has 1 unspecified atom stereocenters. The van der Waals surface area contributed by atoms with Gasteiger partial charge >= 0.3 is 0 Å². The van der Waals surface area contributed by atoms with E-state index in [1.165, 1.54) is 25.7 Å². The Labute approximate surface area is 80.2 Å². The maximum Gasteiger partial charge on any atom is 0.0700 e. The Kier molecular flexibility index (Phi) is 3.58. The largest absolute Gasteiger partial charge is 0.377 e. The van der Waals surface area contributed by atoms with Crippen LogP contribution in [0.5, 0.6) is 0 Å². The van der Waals surface area contributed by atoms with E-state index in [1.54, 1.807) is 0 Å². The molecule has 0 bridgehead atoms. The van der Waals surface area contributed by atoms with Crippen LogP contribution in [0.2, 0.25) is 0 Å². The van der Waals surface area contributed by atoms with E-state index in [0.717, 1.165) is 32.3 Å². The lowest BCUT2D eigenvalue weighted by Crippen LogP contribution is -2.33. The lowest BCUT2D eigenvalue weighted by Gasteiger charge is -2.10. The van der Waals surface area contributed by atoms with Crippen molar-refractivity contribution in [3.05, 3.63) is 0 Å². The molecule has 0 aromatic heterocycles. The zero-order valence-corrected chi connectivity index (χ0v) is 8.22. The first kappa shape index (κ1) is 9.44. The molecule has 1 saturated heterocycles. The summed E-state index contributed by atoms with van der Waals surface area (Å²) in [4.78, 5) is 0. The highest BCUT2D eigenvalue weighted by molar-refractivity contribution is 4.80. The Morgan fingerprint density at radius 2 is 2.08 bits per heavy atom. The van der Waals surface area contributed by atoms with Crippen molar-refractivity contribution in [1.29, 1.82) is 0 Å².